The lowest BCUT2D eigenvalue weighted by atomic mass is 9.77. The molecule has 192 valence electrons. The molecule has 1 aromatic rings. The normalized spacial score (nSPS) is 24.6. The quantitative estimate of drug-likeness (QED) is 0.641. The van der Waals surface area contributed by atoms with Crippen LogP contribution in [0.4, 0.5) is 0 Å². The number of likely N-dealkylation sites (tertiary alicyclic amines) is 2. The van der Waals surface area contributed by atoms with Gasteiger partial charge in [0.2, 0.25) is 11.8 Å². The molecule has 3 aliphatic heterocycles. The minimum absolute atomic E-state index is 0.0296. The Hall–Kier alpha value is -2.25. The average Bonchev–Trinajstić information content (AvgIpc) is 3.40. The van der Waals surface area contributed by atoms with E-state index in [1.54, 1.807) is 4.90 Å². The number of nitrogens with zero attached hydrogens (tertiary/aromatic N) is 2. The molecular formula is C28H41N3O4. The topological polar surface area (TPSA) is 92.9 Å². The summed E-state index contributed by atoms with van der Waals surface area (Å²) in [5.41, 5.74) is 7.94. The summed E-state index contributed by atoms with van der Waals surface area (Å²) in [6, 6.07) is 5.39. The predicted molar refractivity (Wildman–Crippen MR) is 135 cm³/mol. The number of ketones is 1. The number of nitrogens with two attached hydrogens (primary N) is 1. The van der Waals surface area contributed by atoms with Crippen LogP contribution in [0, 0.1) is 5.41 Å². The van der Waals surface area contributed by atoms with E-state index in [0.29, 0.717) is 36.4 Å². The summed E-state index contributed by atoms with van der Waals surface area (Å²) in [7, 11) is 0. The second-order valence-corrected chi connectivity index (χ2v) is 11.7. The third-order valence-electron chi connectivity index (χ3n) is 7.82. The van der Waals surface area contributed by atoms with E-state index in [0.717, 1.165) is 38.9 Å². The summed E-state index contributed by atoms with van der Waals surface area (Å²) < 4.78 is 5.62. The monoisotopic (exact) mass is 483 g/mol. The number of Topliss-reactive ketones (excluding diaryl/α,β-unsaturated/α-hetero) is 1. The van der Waals surface area contributed by atoms with Crippen molar-refractivity contribution in [1.29, 1.82) is 0 Å². The fraction of sp³-hybridized carbons (Fsp3) is 0.679. The number of rotatable bonds is 7. The standard InChI is InChI=1S/C28H41N3O4/c1-5-11-30-12-8-18(9-13-30)19-6-7-20(26(29)33)21(15-19)22(16-28(2,3)4)27(34)31-14-10-24-25(31)23(32)17-35-24/h6-7,15,18,22,24-25H,5,8-14,16-17H2,1-4H3,(H2,29,33)/t22-,24+,25+/m0/s1. The van der Waals surface area contributed by atoms with E-state index >= 15 is 0 Å². The summed E-state index contributed by atoms with van der Waals surface area (Å²) in [4.78, 5) is 43.3. The van der Waals surface area contributed by atoms with E-state index in [4.69, 9.17) is 10.5 Å². The van der Waals surface area contributed by atoms with Gasteiger partial charge in [0, 0.05) is 12.1 Å². The van der Waals surface area contributed by atoms with Crippen molar-refractivity contribution in [2.75, 3.05) is 32.8 Å². The minimum Gasteiger partial charge on any atom is -0.368 e. The number of amides is 2. The first-order chi connectivity index (χ1) is 16.6. The maximum atomic E-state index is 14.0. The third kappa shape index (κ3) is 5.61. The lowest BCUT2D eigenvalue weighted by Crippen LogP contribution is -2.45. The molecule has 0 aliphatic carbocycles. The van der Waals surface area contributed by atoms with Gasteiger partial charge in [-0.25, -0.2) is 0 Å². The highest BCUT2D eigenvalue weighted by Crippen LogP contribution is 2.39. The molecule has 3 heterocycles. The van der Waals surface area contributed by atoms with E-state index in [2.05, 4.69) is 38.7 Å². The zero-order chi connectivity index (χ0) is 25.3. The maximum Gasteiger partial charge on any atom is 0.249 e. The van der Waals surface area contributed by atoms with Crippen molar-refractivity contribution in [3.05, 3.63) is 34.9 Å². The number of fused-ring (bicyclic) bond motifs is 1. The SMILES string of the molecule is CCCN1CCC(c2ccc(C(N)=O)c([C@H](CC(C)(C)C)C(=O)N3CC[C@H]4OCC(=O)[C@H]43)c2)CC1. The molecule has 0 bridgehead atoms. The van der Waals surface area contributed by atoms with Crippen LogP contribution in [0.2, 0.25) is 0 Å². The van der Waals surface area contributed by atoms with Gasteiger partial charge in [-0.05, 0) is 80.3 Å². The summed E-state index contributed by atoms with van der Waals surface area (Å²) in [5.74, 6) is -0.780. The highest BCUT2D eigenvalue weighted by Gasteiger charge is 2.48. The molecule has 3 aliphatic rings. The molecule has 7 nitrogen and oxygen atoms in total. The number of benzene rings is 1. The van der Waals surface area contributed by atoms with Crippen molar-refractivity contribution in [3.8, 4) is 0 Å². The Balaban J connectivity index is 1.68. The fourth-order valence-electron chi connectivity index (χ4n) is 6.14. The molecule has 2 N–H and O–H groups in total. The molecule has 2 amide bonds. The van der Waals surface area contributed by atoms with Crippen LogP contribution in [0.5, 0.6) is 0 Å². The molecular weight excluding hydrogens is 442 g/mol. The Morgan fingerprint density at radius 1 is 1.14 bits per heavy atom. The molecule has 0 unspecified atom stereocenters. The number of ether oxygens (including phenoxy) is 1. The van der Waals surface area contributed by atoms with Gasteiger partial charge >= 0.3 is 0 Å². The first kappa shape index (κ1) is 25.8. The van der Waals surface area contributed by atoms with Crippen molar-refractivity contribution in [2.45, 2.75) is 83.8 Å². The first-order valence-corrected chi connectivity index (χ1v) is 13.2. The van der Waals surface area contributed by atoms with Gasteiger partial charge in [-0.1, -0.05) is 39.8 Å². The number of hydrogen-bond acceptors (Lipinski definition) is 5. The van der Waals surface area contributed by atoms with Gasteiger partial charge in [-0.15, -0.1) is 0 Å². The lowest BCUT2D eigenvalue weighted by molar-refractivity contribution is -0.138. The second kappa shape index (κ2) is 10.4. The van der Waals surface area contributed by atoms with Gasteiger partial charge in [0.15, 0.2) is 5.78 Å². The van der Waals surface area contributed by atoms with Crippen LogP contribution in [0.1, 0.15) is 93.1 Å². The van der Waals surface area contributed by atoms with Gasteiger partial charge in [0.25, 0.3) is 0 Å². The largest absolute Gasteiger partial charge is 0.368 e. The van der Waals surface area contributed by atoms with E-state index in [1.165, 1.54) is 5.56 Å². The van der Waals surface area contributed by atoms with Crippen molar-refractivity contribution in [2.24, 2.45) is 11.1 Å². The van der Waals surface area contributed by atoms with Crippen LogP contribution in [0.15, 0.2) is 18.2 Å². The number of primary amides is 1. The summed E-state index contributed by atoms with van der Waals surface area (Å²) in [5, 5.41) is 0. The number of piperidine rings is 1. The van der Waals surface area contributed by atoms with Crippen molar-refractivity contribution < 1.29 is 19.1 Å². The molecule has 3 atom stereocenters. The Morgan fingerprint density at radius 3 is 2.49 bits per heavy atom. The molecule has 3 fully saturated rings. The van der Waals surface area contributed by atoms with Crippen LogP contribution in [-0.2, 0) is 14.3 Å². The van der Waals surface area contributed by atoms with Crippen molar-refractivity contribution >= 4 is 17.6 Å². The highest BCUT2D eigenvalue weighted by molar-refractivity contribution is 5.99. The molecule has 3 saturated heterocycles. The van der Waals surface area contributed by atoms with Crippen LogP contribution in [-0.4, -0.2) is 72.3 Å². The number of hydrogen-bond donors (Lipinski definition) is 1. The minimum atomic E-state index is -0.537. The predicted octanol–water partition coefficient (Wildman–Crippen LogP) is 3.46. The average molecular weight is 484 g/mol. The molecule has 0 radical (unpaired) electrons. The molecule has 0 aromatic heterocycles. The van der Waals surface area contributed by atoms with Crippen molar-refractivity contribution in [3.63, 3.8) is 0 Å². The smallest absolute Gasteiger partial charge is 0.249 e. The molecule has 1 aromatic carbocycles. The number of carbonyl (C=O) groups excluding carboxylic acids is 3. The van der Waals surface area contributed by atoms with E-state index in [-0.39, 0.29) is 29.8 Å². The fourth-order valence-corrected chi connectivity index (χ4v) is 6.14. The Bertz CT molecular complexity index is 961. The molecule has 7 heteroatoms. The first-order valence-electron chi connectivity index (χ1n) is 13.2. The van der Waals surface area contributed by atoms with E-state index in [9.17, 15) is 14.4 Å². The zero-order valence-corrected chi connectivity index (χ0v) is 21.7. The van der Waals surface area contributed by atoms with Crippen molar-refractivity contribution in [1.82, 2.24) is 9.80 Å². The van der Waals surface area contributed by atoms with Crippen LogP contribution >= 0.6 is 0 Å². The van der Waals surface area contributed by atoms with Gasteiger partial charge < -0.3 is 20.3 Å². The van der Waals surface area contributed by atoms with Gasteiger partial charge in [0.05, 0.1) is 12.0 Å². The molecule has 0 spiro atoms. The second-order valence-electron chi connectivity index (χ2n) is 11.7. The number of carbonyl (C=O) groups is 3. The highest BCUT2D eigenvalue weighted by atomic mass is 16.5. The van der Waals surface area contributed by atoms with E-state index < -0.39 is 17.9 Å². The van der Waals surface area contributed by atoms with E-state index in [1.807, 2.05) is 12.1 Å². The summed E-state index contributed by atoms with van der Waals surface area (Å²) in [6.45, 7) is 12.3. The Kier molecular flexibility index (Phi) is 7.67. The summed E-state index contributed by atoms with van der Waals surface area (Å²) in [6.07, 6.45) is 4.31. The molecule has 0 saturated carbocycles. The Morgan fingerprint density at radius 2 is 1.86 bits per heavy atom. The van der Waals surface area contributed by atoms with Crippen LogP contribution in [0.25, 0.3) is 0 Å². The lowest BCUT2D eigenvalue weighted by Gasteiger charge is -2.34. The van der Waals surface area contributed by atoms with Crippen LogP contribution in [0.3, 0.4) is 0 Å². The third-order valence-corrected chi connectivity index (χ3v) is 7.82. The Labute approximate surface area is 209 Å². The maximum absolute atomic E-state index is 14.0. The molecule has 4 rings (SSSR count). The zero-order valence-electron chi connectivity index (χ0n) is 21.7. The van der Waals surface area contributed by atoms with Gasteiger partial charge in [-0.3, -0.25) is 14.4 Å². The molecule has 35 heavy (non-hydrogen) atoms. The van der Waals surface area contributed by atoms with Crippen LogP contribution < -0.4 is 5.73 Å². The van der Waals surface area contributed by atoms with Gasteiger partial charge in [-0.2, -0.15) is 0 Å². The van der Waals surface area contributed by atoms with Gasteiger partial charge in [0.1, 0.15) is 12.6 Å². The summed E-state index contributed by atoms with van der Waals surface area (Å²) >= 11 is 0.